The van der Waals surface area contributed by atoms with Gasteiger partial charge >= 0.3 is 0 Å². The zero-order valence-corrected chi connectivity index (χ0v) is 16.3. The van der Waals surface area contributed by atoms with E-state index in [2.05, 4.69) is 5.32 Å². The van der Waals surface area contributed by atoms with Gasteiger partial charge in [0.2, 0.25) is 0 Å². The average molecular weight is 373 g/mol. The molecule has 0 heterocycles. The number of Topliss-reactive ketones (excluding diaryl/α,β-unsaturated/α-hetero) is 1. The minimum atomic E-state index is -0.208. The normalized spacial score (nSPS) is 10.4. The van der Waals surface area contributed by atoms with E-state index < -0.39 is 0 Å². The molecule has 142 valence electrons. The third-order valence-corrected chi connectivity index (χ3v) is 4.62. The van der Waals surface area contributed by atoms with Crippen LogP contribution in [0, 0.1) is 20.8 Å². The molecule has 3 rings (SSSR count). The summed E-state index contributed by atoms with van der Waals surface area (Å²) >= 11 is 0. The van der Waals surface area contributed by atoms with E-state index in [0.29, 0.717) is 11.1 Å². The van der Waals surface area contributed by atoms with Gasteiger partial charge in [0.05, 0.1) is 0 Å². The minimum Gasteiger partial charge on any atom is -0.485 e. The molecule has 0 aliphatic heterocycles. The summed E-state index contributed by atoms with van der Waals surface area (Å²) in [5.41, 5.74) is 4.77. The van der Waals surface area contributed by atoms with Crippen LogP contribution in [-0.4, -0.2) is 18.3 Å². The SMILES string of the molecule is Cc1ccccc1NC(=O)c1ccc(C(=O)COc2c(C)cccc2C)cc1. The van der Waals surface area contributed by atoms with Gasteiger partial charge in [-0.15, -0.1) is 0 Å². The van der Waals surface area contributed by atoms with Crippen molar-refractivity contribution in [3.8, 4) is 5.75 Å². The Morgan fingerprint density at radius 3 is 1.96 bits per heavy atom. The van der Waals surface area contributed by atoms with Crippen LogP contribution in [0.15, 0.2) is 66.7 Å². The number of hydrogen-bond acceptors (Lipinski definition) is 3. The van der Waals surface area contributed by atoms with Crippen molar-refractivity contribution in [3.05, 3.63) is 94.5 Å². The number of para-hydroxylation sites is 2. The standard InChI is InChI=1S/C24H23NO3/c1-16-7-4-5-10-21(16)25-24(27)20-13-11-19(12-14-20)22(26)15-28-23-17(2)8-6-9-18(23)3/h4-14H,15H2,1-3H3,(H,25,27). The van der Waals surface area contributed by atoms with Gasteiger partial charge in [0.1, 0.15) is 5.75 Å². The van der Waals surface area contributed by atoms with E-state index in [1.54, 1.807) is 24.3 Å². The molecule has 0 saturated carbocycles. The molecule has 0 bridgehead atoms. The van der Waals surface area contributed by atoms with E-state index in [4.69, 9.17) is 4.74 Å². The molecule has 0 aliphatic carbocycles. The van der Waals surface area contributed by atoms with Crippen LogP contribution in [-0.2, 0) is 0 Å². The van der Waals surface area contributed by atoms with Gasteiger partial charge < -0.3 is 10.1 Å². The molecular weight excluding hydrogens is 350 g/mol. The fraction of sp³-hybridized carbons (Fsp3) is 0.167. The summed E-state index contributed by atoms with van der Waals surface area (Å²) in [5, 5.41) is 2.89. The molecule has 1 N–H and O–H groups in total. The number of nitrogens with one attached hydrogen (secondary N) is 1. The molecule has 0 saturated heterocycles. The number of carbonyl (C=O) groups excluding carboxylic acids is 2. The average Bonchev–Trinajstić information content (AvgIpc) is 2.69. The van der Waals surface area contributed by atoms with Crippen LogP contribution in [0.4, 0.5) is 5.69 Å². The van der Waals surface area contributed by atoms with E-state index in [0.717, 1.165) is 28.1 Å². The number of ether oxygens (including phenoxy) is 1. The van der Waals surface area contributed by atoms with Gasteiger partial charge in [-0.3, -0.25) is 9.59 Å². The molecule has 0 radical (unpaired) electrons. The van der Waals surface area contributed by atoms with E-state index in [9.17, 15) is 9.59 Å². The summed E-state index contributed by atoms with van der Waals surface area (Å²) in [7, 11) is 0. The zero-order chi connectivity index (χ0) is 20.1. The van der Waals surface area contributed by atoms with Crippen LogP contribution in [0.1, 0.15) is 37.4 Å². The van der Waals surface area contributed by atoms with Crippen molar-refractivity contribution in [2.45, 2.75) is 20.8 Å². The lowest BCUT2D eigenvalue weighted by Crippen LogP contribution is -2.15. The van der Waals surface area contributed by atoms with Crippen LogP contribution in [0.5, 0.6) is 5.75 Å². The topological polar surface area (TPSA) is 55.4 Å². The molecule has 3 aromatic rings. The molecule has 4 heteroatoms. The maximum absolute atomic E-state index is 12.4. The van der Waals surface area contributed by atoms with E-state index >= 15 is 0 Å². The van der Waals surface area contributed by atoms with Gasteiger partial charge in [-0.2, -0.15) is 0 Å². The van der Waals surface area contributed by atoms with Crippen molar-refractivity contribution in [2.75, 3.05) is 11.9 Å². The number of hydrogen-bond donors (Lipinski definition) is 1. The van der Waals surface area contributed by atoms with Crippen molar-refractivity contribution >= 4 is 17.4 Å². The quantitative estimate of drug-likeness (QED) is 0.610. The summed E-state index contributed by atoms with van der Waals surface area (Å²) in [6.07, 6.45) is 0. The van der Waals surface area contributed by atoms with Gasteiger partial charge in [-0.25, -0.2) is 0 Å². The molecule has 28 heavy (non-hydrogen) atoms. The predicted octanol–water partition coefficient (Wildman–Crippen LogP) is 5.13. The highest BCUT2D eigenvalue weighted by atomic mass is 16.5. The lowest BCUT2D eigenvalue weighted by Gasteiger charge is -2.11. The molecule has 1 amide bonds. The largest absolute Gasteiger partial charge is 0.485 e. The third-order valence-electron chi connectivity index (χ3n) is 4.62. The highest BCUT2D eigenvalue weighted by Crippen LogP contribution is 2.22. The highest BCUT2D eigenvalue weighted by Gasteiger charge is 2.12. The first-order valence-corrected chi connectivity index (χ1v) is 9.15. The Balaban J connectivity index is 1.64. The Morgan fingerprint density at radius 2 is 1.32 bits per heavy atom. The van der Waals surface area contributed by atoms with Crippen LogP contribution in [0.2, 0.25) is 0 Å². The third kappa shape index (κ3) is 4.46. The summed E-state index contributed by atoms with van der Waals surface area (Å²) in [6, 6.07) is 20.1. The highest BCUT2D eigenvalue weighted by molar-refractivity contribution is 6.05. The molecule has 0 fully saturated rings. The molecular formula is C24H23NO3. The first-order valence-electron chi connectivity index (χ1n) is 9.15. The fourth-order valence-electron chi connectivity index (χ4n) is 2.96. The van der Waals surface area contributed by atoms with Crippen LogP contribution in [0.3, 0.4) is 0 Å². The zero-order valence-electron chi connectivity index (χ0n) is 16.3. The van der Waals surface area contributed by atoms with Gasteiger partial charge in [-0.05, 0) is 55.7 Å². The van der Waals surface area contributed by atoms with Crippen molar-refractivity contribution in [3.63, 3.8) is 0 Å². The number of benzene rings is 3. The number of anilines is 1. The van der Waals surface area contributed by atoms with Crippen molar-refractivity contribution in [1.82, 2.24) is 0 Å². The smallest absolute Gasteiger partial charge is 0.255 e. The first kappa shape index (κ1) is 19.4. The van der Waals surface area contributed by atoms with Crippen LogP contribution in [0.25, 0.3) is 0 Å². The second-order valence-electron chi connectivity index (χ2n) is 6.78. The number of aryl methyl sites for hydroxylation is 3. The first-order chi connectivity index (χ1) is 13.5. The lowest BCUT2D eigenvalue weighted by molar-refractivity contribution is 0.0919. The second-order valence-corrected chi connectivity index (χ2v) is 6.78. The van der Waals surface area contributed by atoms with E-state index in [1.165, 1.54) is 0 Å². The Morgan fingerprint density at radius 1 is 0.750 bits per heavy atom. The van der Waals surface area contributed by atoms with E-state index in [1.807, 2.05) is 63.2 Å². The number of carbonyl (C=O) groups is 2. The Bertz CT molecular complexity index is 986. The molecule has 4 nitrogen and oxygen atoms in total. The molecule has 0 atom stereocenters. The lowest BCUT2D eigenvalue weighted by atomic mass is 10.1. The number of rotatable bonds is 6. The summed E-state index contributed by atoms with van der Waals surface area (Å²) in [6.45, 7) is 5.80. The predicted molar refractivity (Wildman–Crippen MR) is 111 cm³/mol. The number of amides is 1. The Hall–Kier alpha value is -3.40. The molecule has 0 unspecified atom stereocenters. The molecule has 0 aliphatic rings. The van der Waals surface area contributed by atoms with Gasteiger partial charge in [0.15, 0.2) is 12.4 Å². The Labute approximate surface area is 165 Å². The van der Waals surface area contributed by atoms with Gasteiger partial charge in [0.25, 0.3) is 5.91 Å². The van der Waals surface area contributed by atoms with Crippen molar-refractivity contribution in [1.29, 1.82) is 0 Å². The summed E-state index contributed by atoms with van der Waals surface area (Å²) < 4.78 is 5.72. The maximum Gasteiger partial charge on any atom is 0.255 e. The molecule has 0 spiro atoms. The monoisotopic (exact) mass is 373 g/mol. The number of ketones is 1. The van der Waals surface area contributed by atoms with Crippen molar-refractivity contribution in [2.24, 2.45) is 0 Å². The molecule has 3 aromatic carbocycles. The van der Waals surface area contributed by atoms with Gasteiger partial charge in [-0.1, -0.05) is 48.5 Å². The maximum atomic E-state index is 12.4. The van der Waals surface area contributed by atoms with Crippen LogP contribution >= 0.6 is 0 Å². The fourth-order valence-corrected chi connectivity index (χ4v) is 2.96. The summed E-state index contributed by atoms with van der Waals surface area (Å²) in [5.74, 6) is 0.402. The minimum absolute atomic E-state index is 0.0412. The van der Waals surface area contributed by atoms with Crippen LogP contribution < -0.4 is 10.1 Å². The second kappa shape index (κ2) is 8.53. The summed E-state index contributed by atoms with van der Waals surface area (Å²) in [4.78, 5) is 24.8. The Kier molecular flexibility index (Phi) is 5.90. The van der Waals surface area contributed by atoms with Gasteiger partial charge in [0, 0.05) is 16.8 Å². The van der Waals surface area contributed by atoms with Crippen molar-refractivity contribution < 1.29 is 14.3 Å². The van der Waals surface area contributed by atoms with E-state index in [-0.39, 0.29) is 18.3 Å². The molecule has 0 aromatic heterocycles.